The third-order valence-corrected chi connectivity index (χ3v) is 6.90. The highest BCUT2D eigenvalue weighted by Crippen LogP contribution is 2.22. The zero-order valence-corrected chi connectivity index (χ0v) is 20.5. The van der Waals surface area contributed by atoms with Gasteiger partial charge in [-0.2, -0.15) is 0 Å². The van der Waals surface area contributed by atoms with Crippen LogP contribution in [0.15, 0.2) is 48.5 Å². The van der Waals surface area contributed by atoms with E-state index in [9.17, 15) is 9.59 Å². The van der Waals surface area contributed by atoms with Crippen LogP contribution in [0.4, 0.5) is 5.69 Å². The maximum atomic E-state index is 12.5. The van der Waals surface area contributed by atoms with Gasteiger partial charge in [0.25, 0.3) is 5.91 Å². The molecule has 34 heavy (non-hydrogen) atoms. The highest BCUT2D eigenvalue weighted by Gasteiger charge is 2.25. The molecule has 1 aromatic heterocycles. The van der Waals surface area contributed by atoms with Crippen molar-refractivity contribution < 1.29 is 14.3 Å². The Kier molecular flexibility index (Phi) is 7.54. The van der Waals surface area contributed by atoms with Gasteiger partial charge < -0.3 is 15.0 Å². The number of hydrogen-bond donors (Lipinski definition) is 1. The van der Waals surface area contributed by atoms with E-state index in [0.717, 1.165) is 35.9 Å². The van der Waals surface area contributed by atoms with Crippen molar-refractivity contribution in [3.05, 3.63) is 75.2 Å². The third-order valence-electron chi connectivity index (χ3n) is 5.99. The largest absolute Gasteiger partial charge is 0.465 e. The molecule has 4 rings (SSSR count). The number of aryl methyl sites for hydroxylation is 1. The van der Waals surface area contributed by atoms with Gasteiger partial charge in [-0.25, -0.2) is 4.79 Å². The quantitative estimate of drug-likeness (QED) is 0.521. The fourth-order valence-electron chi connectivity index (χ4n) is 3.94. The zero-order chi connectivity index (χ0) is 24.1. The molecule has 0 aliphatic carbocycles. The molecule has 0 bridgehead atoms. The van der Waals surface area contributed by atoms with Crippen molar-refractivity contribution in [2.75, 3.05) is 31.6 Å². The van der Waals surface area contributed by atoms with Crippen molar-refractivity contribution in [2.45, 2.75) is 33.0 Å². The van der Waals surface area contributed by atoms with Gasteiger partial charge in [-0.05, 0) is 43.7 Å². The van der Waals surface area contributed by atoms with Crippen LogP contribution in [0.1, 0.15) is 43.2 Å². The molecule has 1 N–H and O–H groups in total. The van der Waals surface area contributed by atoms with Crippen molar-refractivity contribution in [3.8, 4) is 0 Å². The molecular weight excluding hydrogens is 450 g/mol. The Morgan fingerprint density at radius 1 is 1.09 bits per heavy atom. The Bertz CT molecular complexity index is 1130. The summed E-state index contributed by atoms with van der Waals surface area (Å²) in [5.41, 5.74) is 3.88. The number of carbonyl (C=O) groups is 2. The van der Waals surface area contributed by atoms with Crippen molar-refractivity contribution in [3.63, 3.8) is 0 Å². The van der Waals surface area contributed by atoms with Crippen LogP contribution in [0.25, 0.3) is 0 Å². The number of carbonyl (C=O) groups excluding carboxylic acids is 2. The van der Waals surface area contributed by atoms with Crippen molar-refractivity contribution in [1.29, 1.82) is 0 Å². The number of rotatable bonds is 7. The van der Waals surface area contributed by atoms with Crippen LogP contribution in [0.2, 0.25) is 0 Å². The van der Waals surface area contributed by atoms with E-state index in [4.69, 9.17) is 4.74 Å². The Morgan fingerprint density at radius 2 is 1.82 bits per heavy atom. The first-order chi connectivity index (χ1) is 16.4. The zero-order valence-electron chi connectivity index (χ0n) is 19.7. The predicted octanol–water partition coefficient (Wildman–Crippen LogP) is 3.27. The van der Waals surface area contributed by atoms with Crippen LogP contribution in [-0.2, 0) is 17.8 Å². The van der Waals surface area contributed by atoms with Gasteiger partial charge in [0.1, 0.15) is 5.01 Å². The summed E-state index contributed by atoms with van der Waals surface area (Å²) in [5, 5.41) is 12.5. The molecule has 2 heterocycles. The topological polar surface area (TPSA) is 87.7 Å². The highest BCUT2D eigenvalue weighted by molar-refractivity contribution is 7.13. The predicted molar refractivity (Wildman–Crippen MR) is 132 cm³/mol. The molecule has 1 aliphatic rings. The molecule has 0 saturated carbocycles. The third kappa shape index (κ3) is 5.78. The maximum Gasteiger partial charge on any atom is 0.337 e. The molecule has 1 atom stereocenters. The number of hydrogen-bond acceptors (Lipinski definition) is 8. The molecule has 3 aromatic rings. The normalized spacial score (nSPS) is 16.3. The lowest BCUT2D eigenvalue weighted by Gasteiger charge is -2.40. The van der Waals surface area contributed by atoms with Crippen molar-refractivity contribution in [1.82, 2.24) is 20.4 Å². The van der Waals surface area contributed by atoms with Gasteiger partial charge in [-0.3, -0.25) is 9.69 Å². The van der Waals surface area contributed by atoms with E-state index in [0.29, 0.717) is 29.7 Å². The Hall–Kier alpha value is -3.30. The van der Waals surface area contributed by atoms with Crippen LogP contribution < -0.4 is 10.2 Å². The van der Waals surface area contributed by atoms with Crippen LogP contribution in [-0.4, -0.2) is 59.8 Å². The van der Waals surface area contributed by atoms with Gasteiger partial charge in [-0.15, -0.1) is 10.2 Å². The van der Waals surface area contributed by atoms with Gasteiger partial charge in [0.15, 0.2) is 0 Å². The summed E-state index contributed by atoms with van der Waals surface area (Å²) in [5.74, 6) is -0.525. The molecule has 2 aromatic carbocycles. The summed E-state index contributed by atoms with van der Waals surface area (Å²) >= 11 is 1.34. The second kappa shape index (κ2) is 10.8. The number of ether oxygens (including phenoxy) is 1. The molecule has 0 radical (unpaired) electrons. The van der Waals surface area contributed by atoms with E-state index in [1.54, 1.807) is 12.1 Å². The Balaban J connectivity index is 1.29. The molecule has 9 heteroatoms. The minimum atomic E-state index is -0.329. The number of nitrogens with one attached hydrogen (secondary N) is 1. The molecule has 1 unspecified atom stereocenters. The number of anilines is 1. The second-order valence-corrected chi connectivity index (χ2v) is 9.54. The molecular formula is C25H29N5O3S. The standard InChI is InChI=1S/C25H29N5O3S/c1-17-4-6-19(7-5-17)14-26-23(31)24-28-27-22(34-24)16-29-12-13-30(15-18(29)2)21-10-8-20(9-11-21)25(32)33-3/h4-11,18H,12-16H2,1-3H3,(H,26,31). The lowest BCUT2D eigenvalue weighted by atomic mass is 10.1. The van der Waals surface area contributed by atoms with Gasteiger partial charge in [-0.1, -0.05) is 41.2 Å². The molecule has 178 valence electrons. The average molecular weight is 480 g/mol. The average Bonchev–Trinajstić information content (AvgIpc) is 3.33. The van der Waals surface area contributed by atoms with Crippen LogP contribution in [0.5, 0.6) is 0 Å². The smallest absolute Gasteiger partial charge is 0.337 e. The van der Waals surface area contributed by atoms with Gasteiger partial charge in [0, 0.05) is 37.9 Å². The number of methoxy groups -OCH3 is 1. The molecule has 0 spiro atoms. The minimum Gasteiger partial charge on any atom is -0.465 e. The van der Waals surface area contributed by atoms with Gasteiger partial charge in [0.05, 0.1) is 19.2 Å². The molecule has 1 amide bonds. The molecule has 1 saturated heterocycles. The molecule has 8 nitrogen and oxygen atoms in total. The number of aromatic nitrogens is 2. The Labute approximate surface area is 203 Å². The summed E-state index contributed by atoms with van der Waals surface area (Å²) in [6, 6.07) is 15.9. The first-order valence-electron chi connectivity index (χ1n) is 11.3. The number of benzene rings is 2. The van der Waals surface area contributed by atoms with Gasteiger partial charge >= 0.3 is 5.97 Å². The summed E-state index contributed by atoms with van der Waals surface area (Å²) in [6.45, 7) is 7.95. The number of piperazine rings is 1. The highest BCUT2D eigenvalue weighted by atomic mass is 32.1. The molecule has 1 aliphatic heterocycles. The lowest BCUT2D eigenvalue weighted by molar-refractivity contribution is 0.0600. The van der Waals surface area contributed by atoms with E-state index in [2.05, 4.69) is 32.2 Å². The summed E-state index contributed by atoms with van der Waals surface area (Å²) in [6.07, 6.45) is 0. The van der Waals surface area contributed by atoms with E-state index >= 15 is 0 Å². The fourth-order valence-corrected chi connectivity index (χ4v) is 4.72. The Morgan fingerprint density at radius 3 is 2.50 bits per heavy atom. The van der Waals surface area contributed by atoms with Crippen LogP contribution in [0, 0.1) is 6.92 Å². The second-order valence-electron chi connectivity index (χ2n) is 8.47. The van der Waals surface area contributed by atoms with Gasteiger partial charge in [0.2, 0.25) is 5.01 Å². The molecule has 1 fully saturated rings. The number of esters is 1. The number of nitrogens with zero attached hydrogens (tertiary/aromatic N) is 4. The first kappa shape index (κ1) is 23.8. The van der Waals surface area contributed by atoms with Crippen LogP contribution >= 0.6 is 11.3 Å². The van der Waals surface area contributed by atoms with E-state index in [1.807, 2.05) is 43.3 Å². The van der Waals surface area contributed by atoms with Crippen molar-refractivity contribution in [2.24, 2.45) is 0 Å². The number of amides is 1. The summed E-state index contributed by atoms with van der Waals surface area (Å²) in [7, 11) is 1.38. The maximum absolute atomic E-state index is 12.5. The van der Waals surface area contributed by atoms with Crippen LogP contribution in [0.3, 0.4) is 0 Å². The SMILES string of the molecule is COC(=O)c1ccc(N2CCN(Cc3nnc(C(=O)NCc4ccc(C)cc4)s3)C(C)C2)cc1. The fraction of sp³-hybridized carbons (Fsp3) is 0.360. The summed E-state index contributed by atoms with van der Waals surface area (Å²) < 4.78 is 4.77. The lowest BCUT2D eigenvalue weighted by Crippen LogP contribution is -2.51. The van der Waals surface area contributed by atoms with E-state index < -0.39 is 0 Å². The monoisotopic (exact) mass is 479 g/mol. The van der Waals surface area contributed by atoms with E-state index in [-0.39, 0.29) is 11.9 Å². The summed E-state index contributed by atoms with van der Waals surface area (Å²) in [4.78, 5) is 28.8. The van der Waals surface area contributed by atoms with Crippen molar-refractivity contribution >= 4 is 28.9 Å². The van der Waals surface area contributed by atoms with E-state index in [1.165, 1.54) is 24.0 Å². The minimum absolute atomic E-state index is 0.197. The first-order valence-corrected chi connectivity index (χ1v) is 12.1.